The van der Waals surface area contributed by atoms with E-state index in [4.69, 9.17) is 4.74 Å². The predicted octanol–water partition coefficient (Wildman–Crippen LogP) is 4.90. The van der Waals surface area contributed by atoms with Crippen molar-refractivity contribution in [2.75, 3.05) is 6.61 Å². The van der Waals surface area contributed by atoms with Crippen molar-refractivity contribution in [3.05, 3.63) is 49.0 Å². The van der Waals surface area contributed by atoms with Crippen LogP contribution in [-0.2, 0) is 0 Å². The number of rotatable bonds is 4. The van der Waals surface area contributed by atoms with E-state index in [2.05, 4.69) is 31.9 Å². The molecule has 0 radical (unpaired) electrons. The van der Waals surface area contributed by atoms with Crippen molar-refractivity contribution in [2.24, 2.45) is 0 Å². The normalized spacial score (nSPS) is 10.4. The average molecular weight is 390 g/mol. The van der Waals surface area contributed by atoms with Crippen LogP contribution in [0.1, 0.15) is 22.2 Å². The first-order chi connectivity index (χ1) is 8.61. The first kappa shape index (κ1) is 13.8. The van der Waals surface area contributed by atoms with Gasteiger partial charge in [-0.2, -0.15) is 0 Å². The number of benzene rings is 1. The molecule has 2 nitrogen and oxygen atoms in total. The molecule has 2 rings (SSSR count). The zero-order valence-corrected chi connectivity index (χ0v) is 13.6. The Morgan fingerprint density at radius 2 is 2.06 bits per heavy atom. The quantitative estimate of drug-likeness (QED) is 0.695. The second-order valence-corrected chi connectivity index (χ2v) is 6.83. The molecule has 2 aromatic rings. The molecule has 5 heteroatoms. The van der Waals surface area contributed by atoms with Crippen molar-refractivity contribution >= 4 is 49.0 Å². The van der Waals surface area contributed by atoms with E-state index in [1.807, 2.05) is 25.1 Å². The maximum atomic E-state index is 12.2. The van der Waals surface area contributed by atoms with Gasteiger partial charge in [0.1, 0.15) is 5.75 Å². The van der Waals surface area contributed by atoms with Crippen LogP contribution in [0, 0.1) is 0 Å². The van der Waals surface area contributed by atoms with Crippen molar-refractivity contribution < 1.29 is 9.53 Å². The zero-order valence-electron chi connectivity index (χ0n) is 9.57. The van der Waals surface area contributed by atoms with Gasteiger partial charge in [-0.1, -0.05) is 0 Å². The summed E-state index contributed by atoms with van der Waals surface area (Å²) in [7, 11) is 0. The van der Waals surface area contributed by atoms with Crippen LogP contribution in [0.5, 0.6) is 5.75 Å². The topological polar surface area (TPSA) is 26.3 Å². The fourth-order valence-corrected chi connectivity index (χ4v) is 3.33. The number of carbonyl (C=O) groups is 1. The maximum Gasteiger partial charge on any atom is 0.203 e. The molecule has 1 aromatic heterocycles. The minimum Gasteiger partial charge on any atom is -0.493 e. The van der Waals surface area contributed by atoms with Crippen molar-refractivity contribution in [3.8, 4) is 5.75 Å². The number of ketones is 1. The second kappa shape index (κ2) is 5.99. The Hall–Kier alpha value is -0.650. The summed E-state index contributed by atoms with van der Waals surface area (Å²) < 4.78 is 7.17. The highest BCUT2D eigenvalue weighted by atomic mass is 79.9. The third kappa shape index (κ3) is 3.02. The number of halogens is 2. The Bertz CT molecular complexity index is 578. The minimum absolute atomic E-state index is 0.0226. The van der Waals surface area contributed by atoms with Crippen LogP contribution in [0.4, 0.5) is 0 Å². The molecular weight excluding hydrogens is 380 g/mol. The van der Waals surface area contributed by atoms with Gasteiger partial charge in [0.25, 0.3) is 0 Å². The standard InChI is InChI=1S/C13H10Br2O2S/c1-2-17-10-4-3-8(7-9(10)14)13(16)11-5-6-12(15)18-11/h3-7H,2H2,1H3. The van der Waals surface area contributed by atoms with Gasteiger partial charge in [0.05, 0.1) is 19.7 Å². The summed E-state index contributed by atoms with van der Waals surface area (Å²) in [6.45, 7) is 2.53. The van der Waals surface area contributed by atoms with Gasteiger partial charge in [-0.15, -0.1) is 11.3 Å². The van der Waals surface area contributed by atoms with E-state index in [0.29, 0.717) is 12.2 Å². The lowest BCUT2D eigenvalue weighted by Gasteiger charge is -2.06. The summed E-state index contributed by atoms with van der Waals surface area (Å²) in [5.74, 6) is 0.774. The first-order valence-corrected chi connectivity index (χ1v) is 7.74. The lowest BCUT2D eigenvalue weighted by Crippen LogP contribution is -1.99. The summed E-state index contributed by atoms with van der Waals surface area (Å²) in [6.07, 6.45) is 0. The van der Waals surface area contributed by atoms with Crippen molar-refractivity contribution in [1.82, 2.24) is 0 Å². The Kier molecular flexibility index (Phi) is 4.59. The number of thiophene rings is 1. The van der Waals surface area contributed by atoms with Crippen molar-refractivity contribution in [3.63, 3.8) is 0 Å². The Morgan fingerprint density at radius 3 is 2.61 bits per heavy atom. The fraction of sp³-hybridized carbons (Fsp3) is 0.154. The highest BCUT2D eigenvalue weighted by Crippen LogP contribution is 2.29. The number of hydrogen-bond donors (Lipinski definition) is 0. The van der Waals surface area contributed by atoms with Gasteiger partial charge in [0.15, 0.2) is 0 Å². The smallest absolute Gasteiger partial charge is 0.203 e. The summed E-state index contributed by atoms with van der Waals surface area (Å²) in [5, 5.41) is 0. The first-order valence-electron chi connectivity index (χ1n) is 5.34. The summed E-state index contributed by atoms with van der Waals surface area (Å²) >= 11 is 8.20. The molecule has 0 aliphatic heterocycles. The number of ether oxygens (including phenoxy) is 1. The van der Waals surface area contributed by atoms with E-state index in [1.54, 1.807) is 12.1 Å². The van der Waals surface area contributed by atoms with E-state index in [1.165, 1.54) is 11.3 Å². The number of carbonyl (C=O) groups excluding carboxylic acids is 1. The Morgan fingerprint density at radius 1 is 1.28 bits per heavy atom. The van der Waals surface area contributed by atoms with E-state index < -0.39 is 0 Å². The van der Waals surface area contributed by atoms with E-state index in [9.17, 15) is 4.79 Å². The molecule has 0 spiro atoms. The predicted molar refractivity (Wildman–Crippen MR) is 80.8 cm³/mol. The lowest BCUT2D eigenvalue weighted by atomic mass is 10.1. The van der Waals surface area contributed by atoms with Gasteiger partial charge in [-0.25, -0.2) is 0 Å². The van der Waals surface area contributed by atoms with Crippen molar-refractivity contribution in [2.45, 2.75) is 6.92 Å². The molecule has 0 bridgehead atoms. The highest BCUT2D eigenvalue weighted by molar-refractivity contribution is 9.11. The molecule has 0 saturated carbocycles. The van der Waals surface area contributed by atoms with E-state index in [-0.39, 0.29) is 5.78 Å². The average Bonchev–Trinajstić information content (AvgIpc) is 2.78. The second-order valence-electron chi connectivity index (χ2n) is 3.51. The van der Waals surface area contributed by atoms with Gasteiger partial charge in [0, 0.05) is 5.56 Å². The molecule has 0 saturated heterocycles. The largest absolute Gasteiger partial charge is 0.493 e. The zero-order chi connectivity index (χ0) is 13.1. The van der Waals surface area contributed by atoms with Crippen LogP contribution in [0.3, 0.4) is 0 Å². The molecule has 0 unspecified atom stereocenters. The van der Waals surface area contributed by atoms with Gasteiger partial charge < -0.3 is 4.74 Å². The monoisotopic (exact) mass is 388 g/mol. The molecule has 0 aliphatic carbocycles. The molecular formula is C13H10Br2O2S. The summed E-state index contributed by atoms with van der Waals surface area (Å²) in [5.41, 5.74) is 0.652. The van der Waals surface area contributed by atoms with Crippen LogP contribution < -0.4 is 4.74 Å². The van der Waals surface area contributed by atoms with Gasteiger partial charge in [-0.05, 0) is 69.1 Å². The van der Waals surface area contributed by atoms with Crippen LogP contribution >= 0.6 is 43.2 Å². The van der Waals surface area contributed by atoms with Crippen LogP contribution in [0.2, 0.25) is 0 Å². The third-order valence-corrected chi connectivity index (χ3v) is 4.53. The fourth-order valence-electron chi connectivity index (χ4n) is 1.49. The van der Waals surface area contributed by atoms with Gasteiger partial charge >= 0.3 is 0 Å². The van der Waals surface area contributed by atoms with Gasteiger partial charge in [-0.3, -0.25) is 4.79 Å². The van der Waals surface area contributed by atoms with Gasteiger partial charge in [0.2, 0.25) is 5.78 Å². The SMILES string of the molecule is CCOc1ccc(C(=O)c2ccc(Br)s2)cc1Br. The minimum atomic E-state index is 0.0226. The molecule has 0 amide bonds. The third-order valence-electron chi connectivity index (χ3n) is 2.29. The summed E-state index contributed by atoms with van der Waals surface area (Å²) in [6, 6.07) is 9.08. The lowest BCUT2D eigenvalue weighted by molar-refractivity contribution is 0.104. The molecule has 18 heavy (non-hydrogen) atoms. The molecule has 0 atom stereocenters. The van der Waals surface area contributed by atoms with E-state index in [0.717, 1.165) is 18.9 Å². The highest BCUT2D eigenvalue weighted by Gasteiger charge is 2.13. The molecule has 0 N–H and O–H groups in total. The Balaban J connectivity index is 2.29. The molecule has 1 heterocycles. The van der Waals surface area contributed by atoms with E-state index >= 15 is 0 Å². The van der Waals surface area contributed by atoms with Crippen LogP contribution in [0.25, 0.3) is 0 Å². The number of hydrogen-bond acceptors (Lipinski definition) is 3. The summed E-state index contributed by atoms with van der Waals surface area (Å²) in [4.78, 5) is 12.9. The molecule has 0 aliphatic rings. The Labute approximate surface area is 126 Å². The maximum absolute atomic E-state index is 12.2. The molecule has 1 aromatic carbocycles. The van der Waals surface area contributed by atoms with Crippen LogP contribution in [0.15, 0.2) is 38.6 Å². The van der Waals surface area contributed by atoms with Crippen molar-refractivity contribution in [1.29, 1.82) is 0 Å². The molecule has 94 valence electrons. The van der Waals surface area contributed by atoms with Crippen LogP contribution in [-0.4, -0.2) is 12.4 Å². The molecule has 0 fully saturated rings.